The third-order valence-corrected chi connectivity index (χ3v) is 3.84. The Labute approximate surface area is 132 Å². The lowest BCUT2D eigenvalue weighted by atomic mass is 10.2. The Morgan fingerprint density at radius 2 is 2.22 bits per heavy atom. The molecular weight excluding hydrogens is 436 g/mol. The van der Waals surface area contributed by atoms with E-state index in [1.54, 1.807) is 6.07 Å². The molecule has 0 aromatic heterocycles. The summed E-state index contributed by atoms with van der Waals surface area (Å²) < 4.78 is 6.09. The van der Waals surface area contributed by atoms with Crippen molar-refractivity contribution in [3.63, 3.8) is 0 Å². The Kier molecular flexibility index (Phi) is 6.37. The van der Waals surface area contributed by atoms with E-state index in [1.807, 2.05) is 12.1 Å². The number of esters is 1. The molecule has 1 N–H and O–H groups in total. The lowest BCUT2D eigenvalue weighted by Crippen LogP contribution is -2.34. The smallest absolute Gasteiger partial charge is 0.325 e. The second-order valence-corrected chi connectivity index (χ2v) is 5.93. The van der Waals surface area contributed by atoms with Gasteiger partial charge in [-0.15, -0.1) is 11.6 Å². The predicted molar refractivity (Wildman–Crippen MR) is 80.8 cm³/mol. The van der Waals surface area contributed by atoms with Crippen molar-refractivity contribution in [2.75, 3.05) is 13.7 Å². The minimum atomic E-state index is -0.885. The molecule has 0 aliphatic carbocycles. The van der Waals surface area contributed by atoms with Gasteiger partial charge >= 0.3 is 5.97 Å². The molecular formula is C11H10BrClINO3. The first-order chi connectivity index (χ1) is 8.45. The summed E-state index contributed by atoms with van der Waals surface area (Å²) in [6.07, 6.45) is 0. The number of carbonyl (C=O) groups is 2. The minimum Gasteiger partial charge on any atom is -0.468 e. The Bertz CT molecular complexity index is 470. The van der Waals surface area contributed by atoms with E-state index in [1.165, 1.54) is 7.11 Å². The second-order valence-electron chi connectivity index (χ2n) is 3.32. The lowest BCUT2D eigenvalue weighted by Gasteiger charge is -2.10. The van der Waals surface area contributed by atoms with Crippen molar-refractivity contribution in [3.05, 3.63) is 31.8 Å². The van der Waals surface area contributed by atoms with Crippen molar-refractivity contribution < 1.29 is 14.3 Å². The van der Waals surface area contributed by atoms with Crippen molar-refractivity contribution in [2.24, 2.45) is 0 Å². The van der Waals surface area contributed by atoms with E-state index in [0.29, 0.717) is 5.56 Å². The third-order valence-electron chi connectivity index (χ3n) is 2.07. The van der Waals surface area contributed by atoms with Crippen LogP contribution in [0.5, 0.6) is 0 Å². The molecule has 1 aromatic carbocycles. The van der Waals surface area contributed by atoms with Crippen LogP contribution < -0.4 is 5.32 Å². The Morgan fingerprint density at radius 1 is 1.56 bits per heavy atom. The number of benzene rings is 1. The highest BCUT2D eigenvalue weighted by Crippen LogP contribution is 2.18. The minimum absolute atomic E-state index is 0.0235. The van der Waals surface area contributed by atoms with E-state index < -0.39 is 11.3 Å². The molecule has 1 amide bonds. The van der Waals surface area contributed by atoms with Crippen LogP contribution in [-0.2, 0) is 9.53 Å². The summed E-state index contributed by atoms with van der Waals surface area (Å²) in [5.74, 6) is -0.851. The van der Waals surface area contributed by atoms with Gasteiger partial charge < -0.3 is 10.1 Å². The molecule has 98 valence electrons. The Morgan fingerprint density at radius 3 is 2.83 bits per heavy atom. The highest BCUT2D eigenvalue weighted by molar-refractivity contribution is 14.1. The summed E-state index contributed by atoms with van der Waals surface area (Å²) >= 11 is 11.1. The maximum atomic E-state index is 11.9. The number of hydrogen-bond acceptors (Lipinski definition) is 3. The van der Waals surface area contributed by atoms with Gasteiger partial charge in [0.2, 0.25) is 0 Å². The van der Waals surface area contributed by atoms with Crippen molar-refractivity contribution in [1.29, 1.82) is 0 Å². The van der Waals surface area contributed by atoms with Crippen LogP contribution in [-0.4, -0.2) is 30.9 Å². The molecule has 4 nitrogen and oxygen atoms in total. The third kappa shape index (κ3) is 4.40. The number of nitrogens with one attached hydrogen (secondary N) is 1. The highest BCUT2D eigenvalue weighted by atomic mass is 127. The maximum absolute atomic E-state index is 11.9. The first-order valence-corrected chi connectivity index (χ1v) is 7.21. The number of alkyl halides is 1. The molecule has 7 heteroatoms. The van der Waals surface area contributed by atoms with Crippen LogP contribution in [0.25, 0.3) is 0 Å². The zero-order chi connectivity index (χ0) is 13.7. The average molecular weight is 446 g/mol. The van der Waals surface area contributed by atoms with Crippen LogP contribution in [0, 0.1) is 3.57 Å². The van der Waals surface area contributed by atoms with E-state index in [2.05, 4.69) is 48.6 Å². The zero-order valence-electron chi connectivity index (χ0n) is 9.38. The molecule has 0 fully saturated rings. The van der Waals surface area contributed by atoms with Gasteiger partial charge in [0, 0.05) is 14.6 Å². The van der Waals surface area contributed by atoms with Crippen LogP contribution in [0.2, 0.25) is 0 Å². The van der Waals surface area contributed by atoms with Gasteiger partial charge in [0.1, 0.15) is 5.38 Å². The summed E-state index contributed by atoms with van der Waals surface area (Å²) in [5, 5.41) is 1.70. The number of carbonyl (C=O) groups excluding carboxylic acids is 2. The van der Waals surface area contributed by atoms with E-state index >= 15 is 0 Å². The fourth-order valence-electron chi connectivity index (χ4n) is 1.16. The van der Waals surface area contributed by atoms with Gasteiger partial charge in [-0.1, -0.05) is 15.9 Å². The van der Waals surface area contributed by atoms with Gasteiger partial charge in [0.05, 0.1) is 12.7 Å². The van der Waals surface area contributed by atoms with Gasteiger partial charge in [0.25, 0.3) is 5.91 Å². The van der Waals surface area contributed by atoms with Crippen LogP contribution >= 0.6 is 50.1 Å². The largest absolute Gasteiger partial charge is 0.468 e. The van der Waals surface area contributed by atoms with Crippen LogP contribution in [0.1, 0.15) is 10.4 Å². The van der Waals surface area contributed by atoms with Crippen LogP contribution in [0.4, 0.5) is 0 Å². The standard InChI is InChI=1S/C11H10BrClINO3/c1-18-11(17)8(13)5-15-10(16)7-4-6(12)2-3-9(7)14/h2-4,8H,5H2,1H3,(H,15,16). The van der Waals surface area contributed by atoms with Crippen molar-refractivity contribution >= 4 is 62.0 Å². The van der Waals surface area contributed by atoms with Gasteiger partial charge in [-0.2, -0.15) is 0 Å². The lowest BCUT2D eigenvalue weighted by molar-refractivity contribution is -0.140. The fourth-order valence-corrected chi connectivity index (χ4v) is 2.27. The van der Waals surface area contributed by atoms with Gasteiger partial charge in [-0.25, -0.2) is 0 Å². The molecule has 1 rings (SSSR count). The number of halogens is 3. The van der Waals surface area contributed by atoms with Crippen molar-refractivity contribution in [2.45, 2.75) is 5.38 Å². The van der Waals surface area contributed by atoms with Crippen LogP contribution in [0.3, 0.4) is 0 Å². The van der Waals surface area contributed by atoms with Gasteiger partial charge in [-0.3, -0.25) is 9.59 Å². The van der Waals surface area contributed by atoms with E-state index in [0.717, 1.165) is 8.04 Å². The quantitative estimate of drug-likeness (QED) is 0.440. The summed E-state index contributed by atoms with van der Waals surface area (Å²) in [5.41, 5.74) is 0.527. The van der Waals surface area contributed by atoms with Crippen molar-refractivity contribution in [1.82, 2.24) is 5.32 Å². The number of rotatable bonds is 4. The molecule has 0 aliphatic heterocycles. The zero-order valence-corrected chi connectivity index (χ0v) is 13.9. The Hall–Kier alpha value is -0.340. The first kappa shape index (κ1) is 15.7. The summed E-state index contributed by atoms with van der Waals surface area (Å²) in [4.78, 5) is 23.0. The average Bonchev–Trinajstić information content (AvgIpc) is 2.37. The summed E-state index contributed by atoms with van der Waals surface area (Å²) in [6.45, 7) is 0.0235. The molecule has 0 saturated heterocycles. The molecule has 1 unspecified atom stereocenters. The highest BCUT2D eigenvalue weighted by Gasteiger charge is 2.18. The SMILES string of the molecule is COC(=O)C(Cl)CNC(=O)c1cc(Br)ccc1I. The summed E-state index contributed by atoms with van der Waals surface area (Å²) in [7, 11) is 1.25. The number of amides is 1. The normalized spacial score (nSPS) is 11.8. The monoisotopic (exact) mass is 445 g/mol. The van der Waals surface area contributed by atoms with E-state index in [9.17, 15) is 9.59 Å². The maximum Gasteiger partial charge on any atom is 0.325 e. The summed E-state index contributed by atoms with van der Waals surface area (Å²) in [6, 6.07) is 5.37. The Balaban J connectivity index is 2.66. The van der Waals surface area contributed by atoms with Crippen molar-refractivity contribution in [3.8, 4) is 0 Å². The first-order valence-electron chi connectivity index (χ1n) is 4.91. The molecule has 1 atom stereocenters. The predicted octanol–water partition coefficient (Wildman–Crippen LogP) is 2.56. The number of hydrogen-bond donors (Lipinski definition) is 1. The van der Waals surface area contributed by atoms with E-state index in [-0.39, 0.29) is 12.5 Å². The van der Waals surface area contributed by atoms with Crippen LogP contribution in [0.15, 0.2) is 22.7 Å². The number of methoxy groups -OCH3 is 1. The van der Waals surface area contributed by atoms with Gasteiger partial charge in [0.15, 0.2) is 0 Å². The molecule has 0 aliphatic rings. The number of ether oxygens (including phenoxy) is 1. The molecule has 1 aromatic rings. The molecule has 0 bridgehead atoms. The molecule has 0 heterocycles. The van der Waals surface area contributed by atoms with Gasteiger partial charge in [-0.05, 0) is 40.8 Å². The fraction of sp³-hybridized carbons (Fsp3) is 0.273. The second kappa shape index (κ2) is 7.30. The van der Waals surface area contributed by atoms with E-state index in [4.69, 9.17) is 11.6 Å². The topological polar surface area (TPSA) is 55.4 Å². The molecule has 0 spiro atoms. The molecule has 0 radical (unpaired) electrons. The molecule has 0 saturated carbocycles. The molecule has 18 heavy (non-hydrogen) atoms.